The van der Waals surface area contributed by atoms with Crippen molar-refractivity contribution in [3.05, 3.63) is 47.0 Å². The Hall–Kier alpha value is -4.21. The molecule has 3 aliphatic heterocycles. The van der Waals surface area contributed by atoms with E-state index in [0.717, 1.165) is 85.1 Å². The second-order valence-electron chi connectivity index (χ2n) is 13.0. The highest BCUT2D eigenvalue weighted by atomic mass is 32.1. The summed E-state index contributed by atoms with van der Waals surface area (Å²) in [6.07, 6.45) is 5.81. The first-order chi connectivity index (χ1) is 21.3. The van der Waals surface area contributed by atoms with E-state index in [4.69, 9.17) is 15.1 Å². The molecule has 1 saturated carbocycles. The lowest BCUT2D eigenvalue weighted by Crippen LogP contribution is -2.67. The van der Waals surface area contributed by atoms with Crippen LogP contribution < -0.4 is 9.80 Å². The number of piperidine rings is 1. The molecule has 2 amide bonds. The smallest absolute Gasteiger partial charge is 0.320 e. The van der Waals surface area contributed by atoms with E-state index >= 15 is 0 Å². The molecule has 44 heavy (non-hydrogen) atoms. The van der Waals surface area contributed by atoms with Gasteiger partial charge in [-0.05, 0) is 38.7 Å². The molecule has 4 aliphatic rings. The number of fused-ring (bicyclic) bond motifs is 1. The normalized spacial score (nSPS) is 19.6. The highest BCUT2D eigenvalue weighted by molar-refractivity contribution is 7.16. The monoisotopic (exact) mass is 609 g/mol. The first kappa shape index (κ1) is 27.3. The van der Waals surface area contributed by atoms with Gasteiger partial charge in [0.2, 0.25) is 0 Å². The number of pyridine rings is 1. The molecule has 3 aromatic heterocycles. The Bertz CT molecular complexity index is 1780. The van der Waals surface area contributed by atoms with Crippen molar-refractivity contribution >= 4 is 45.0 Å². The topological polar surface area (TPSA) is 118 Å². The number of aliphatic hydroxyl groups is 1. The molecule has 8 rings (SSSR count). The lowest BCUT2D eigenvalue weighted by atomic mass is 9.72. The molecule has 4 aromatic rings. The van der Waals surface area contributed by atoms with Gasteiger partial charge in [-0.25, -0.2) is 19.4 Å². The van der Waals surface area contributed by atoms with Crippen LogP contribution in [0.15, 0.2) is 36.5 Å². The summed E-state index contributed by atoms with van der Waals surface area (Å²) in [5.41, 5.74) is 4.80. The zero-order chi connectivity index (χ0) is 30.2. The van der Waals surface area contributed by atoms with Crippen molar-refractivity contribution in [1.82, 2.24) is 29.5 Å². The maximum atomic E-state index is 12.6. The highest BCUT2D eigenvalue weighted by Crippen LogP contribution is 2.45. The summed E-state index contributed by atoms with van der Waals surface area (Å²) in [5, 5.41) is 26.2. The van der Waals surface area contributed by atoms with E-state index in [9.17, 15) is 15.2 Å². The number of carbonyl (C=O) groups excluding carboxylic acids is 1. The molecule has 6 heterocycles. The number of carbonyl (C=O) groups is 1. The third-order valence-electron chi connectivity index (χ3n) is 9.70. The summed E-state index contributed by atoms with van der Waals surface area (Å²) < 4.78 is 2.10. The van der Waals surface area contributed by atoms with Gasteiger partial charge in [0, 0.05) is 44.2 Å². The van der Waals surface area contributed by atoms with Gasteiger partial charge in [0.25, 0.3) is 0 Å². The average Bonchev–Trinajstić information content (AvgIpc) is 3.65. The summed E-state index contributed by atoms with van der Waals surface area (Å²) in [6.45, 7) is 6.39. The number of aryl methyl sites for hydroxylation is 1. The second kappa shape index (κ2) is 10.2. The Morgan fingerprint density at radius 1 is 1.14 bits per heavy atom. The van der Waals surface area contributed by atoms with E-state index in [-0.39, 0.29) is 17.6 Å². The quantitative estimate of drug-likeness (QED) is 0.351. The number of hydrogen-bond donors (Lipinski definition) is 1. The maximum Gasteiger partial charge on any atom is 0.320 e. The maximum absolute atomic E-state index is 12.6. The molecule has 0 radical (unpaired) electrons. The first-order valence-electron chi connectivity index (χ1n) is 15.4. The number of aromatic nitrogens is 4. The lowest BCUT2D eigenvalue weighted by Gasteiger charge is -2.55. The van der Waals surface area contributed by atoms with Crippen molar-refractivity contribution < 1.29 is 9.90 Å². The number of rotatable bonds is 5. The van der Waals surface area contributed by atoms with Gasteiger partial charge < -0.3 is 24.7 Å². The minimum Gasteiger partial charge on any atom is -0.389 e. The SMILES string of the molecule is Cc1ccc(-c2nc(N(C)c3c4cc(N5CCC6(CC5)CN(C(=O)N5CC(O)C5)C6)cnc4nn3C3CC3)sc2C#N)cc1. The highest BCUT2D eigenvalue weighted by Gasteiger charge is 2.48. The number of likely N-dealkylation sites (tertiary alicyclic amines) is 2. The molecule has 11 nitrogen and oxygen atoms in total. The van der Waals surface area contributed by atoms with Crippen LogP contribution >= 0.6 is 11.3 Å². The molecule has 226 valence electrons. The Kier molecular flexibility index (Phi) is 6.32. The van der Waals surface area contributed by atoms with Gasteiger partial charge in [-0.3, -0.25) is 0 Å². The predicted octanol–water partition coefficient (Wildman–Crippen LogP) is 4.54. The largest absolute Gasteiger partial charge is 0.389 e. The molecule has 3 saturated heterocycles. The molecule has 1 aliphatic carbocycles. The van der Waals surface area contributed by atoms with Gasteiger partial charge in [0.1, 0.15) is 22.5 Å². The standard InChI is InChI=1S/C32H35N9O2S/c1-20-3-5-21(6-4-20)27-26(14-33)44-30(35-27)37(2)29-25-13-23(15-34-28(25)36-41(29)22-7-8-22)38-11-9-32(10-12-38)18-40(19-32)31(43)39-16-24(42)17-39/h3-6,13,15,22,24,42H,7-12,16-19H2,1-2H3. The van der Waals surface area contributed by atoms with Crippen LogP contribution in [0.5, 0.6) is 0 Å². The predicted molar refractivity (Wildman–Crippen MR) is 169 cm³/mol. The number of anilines is 3. The van der Waals surface area contributed by atoms with Crippen molar-refractivity contribution in [2.24, 2.45) is 5.41 Å². The Balaban J connectivity index is 1.04. The number of nitriles is 1. The first-order valence-corrected chi connectivity index (χ1v) is 16.2. The molecule has 0 bridgehead atoms. The molecule has 1 spiro atoms. The molecule has 4 fully saturated rings. The van der Waals surface area contributed by atoms with Crippen molar-refractivity contribution in [2.75, 3.05) is 56.1 Å². The Labute approximate surface area is 259 Å². The molecule has 0 atom stereocenters. The van der Waals surface area contributed by atoms with E-state index in [1.807, 2.05) is 42.4 Å². The molecular weight excluding hydrogens is 574 g/mol. The Morgan fingerprint density at radius 3 is 2.52 bits per heavy atom. The van der Waals surface area contributed by atoms with Gasteiger partial charge in [-0.2, -0.15) is 10.4 Å². The molecule has 1 N–H and O–H groups in total. The summed E-state index contributed by atoms with van der Waals surface area (Å²) in [6, 6.07) is 13.1. The summed E-state index contributed by atoms with van der Waals surface area (Å²) in [7, 11) is 2.01. The zero-order valence-electron chi connectivity index (χ0n) is 25.0. The van der Waals surface area contributed by atoms with Crippen molar-refractivity contribution in [2.45, 2.75) is 44.8 Å². The summed E-state index contributed by atoms with van der Waals surface area (Å²) in [4.78, 5) is 31.2. The third-order valence-corrected chi connectivity index (χ3v) is 10.7. The van der Waals surface area contributed by atoms with Crippen molar-refractivity contribution in [3.8, 4) is 17.3 Å². The van der Waals surface area contributed by atoms with Crippen LogP contribution in [0.4, 0.5) is 21.4 Å². The molecule has 12 heteroatoms. The van der Waals surface area contributed by atoms with Gasteiger partial charge >= 0.3 is 6.03 Å². The number of β-amino-alcohol motifs (C(OH)–C–C–N with tert-alkyl or cyclic N) is 1. The molecular formula is C32H35N9O2S. The van der Waals surface area contributed by atoms with E-state index < -0.39 is 0 Å². The second-order valence-corrected chi connectivity index (χ2v) is 13.9. The van der Waals surface area contributed by atoms with E-state index in [1.54, 1.807) is 4.90 Å². The van der Waals surface area contributed by atoms with Crippen LogP contribution in [0.25, 0.3) is 22.3 Å². The van der Waals surface area contributed by atoms with E-state index in [0.29, 0.717) is 29.7 Å². The van der Waals surface area contributed by atoms with Crippen LogP contribution in [0.1, 0.15) is 42.2 Å². The number of aliphatic hydroxyl groups excluding tert-OH is 1. The molecule has 1 aromatic carbocycles. The fraction of sp³-hybridized carbons (Fsp3) is 0.469. The number of thiazole rings is 1. The van der Waals surface area contributed by atoms with E-state index in [1.165, 1.54) is 16.9 Å². The Morgan fingerprint density at radius 2 is 1.86 bits per heavy atom. The number of hydrogen-bond acceptors (Lipinski definition) is 9. The number of amides is 2. The van der Waals surface area contributed by atoms with Crippen molar-refractivity contribution in [3.63, 3.8) is 0 Å². The van der Waals surface area contributed by atoms with Gasteiger partial charge in [0.05, 0.1) is 42.5 Å². The van der Waals surface area contributed by atoms with Crippen LogP contribution in [0, 0.1) is 23.7 Å². The minimum absolute atomic E-state index is 0.0652. The van der Waals surface area contributed by atoms with Crippen molar-refractivity contribution in [1.29, 1.82) is 5.26 Å². The summed E-state index contributed by atoms with van der Waals surface area (Å²) in [5.74, 6) is 0.961. The zero-order valence-corrected chi connectivity index (χ0v) is 25.8. The fourth-order valence-electron chi connectivity index (χ4n) is 6.84. The van der Waals surface area contributed by atoms with Crippen LogP contribution in [0.3, 0.4) is 0 Å². The fourth-order valence-corrected chi connectivity index (χ4v) is 7.68. The number of nitrogens with zero attached hydrogens (tertiary/aromatic N) is 9. The molecule has 0 unspecified atom stereocenters. The van der Waals surface area contributed by atoms with Gasteiger partial charge in [-0.15, -0.1) is 0 Å². The van der Waals surface area contributed by atoms with Gasteiger partial charge in [-0.1, -0.05) is 41.2 Å². The van der Waals surface area contributed by atoms with E-state index in [2.05, 4.69) is 33.5 Å². The minimum atomic E-state index is -0.368. The number of urea groups is 1. The number of benzene rings is 1. The lowest BCUT2D eigenvalue weighted by molar-refractivity contribution is -0.0311. The van der Waals surface area contributed by atoms with Crippen LogP contribution in [-0.2, 0) is 0 Å². The van der Waals surface area contributed by atoms with Crippen LogP contribution in [-0.4, -0.2) is 93.1 Å². The summed E-state index contributed by atoms with van der Waals surface area (Å²) >= 11 is 1.40. The third kappa shape index (κ3) is 4.57. The average molecular weight is 610 g/mol. The van der Waals surface area contributed by atoms with Gasteiger partial charge in [0.15, 0.2) is 10.8 Å². The van der Waals surface area contributed by atoms with Crippen LogP contribution in [0.2, 0.25) is 0 Å².